The van der Waals surface area contributed by atoms with Crippen molar-refractivity contribution < 1.29 is 28.2 Å². The van der Waals surface area contributed by atoms with E-state index in [1.165, 1.54) is 13.2 Å². The number of aromatic nitrogens is 1. The molecule has 8 nitrogen and oxygen atoms in total. The van der Waals surface area contributed by atoms with Gasteiger partial charge in [-0.2, -0.15) is 0 Å². The van der Waals surface area contributed by atoms with E-state index in [0.717, 1.165) is 24.0 Å². The molecule has 2 aromatic carbocycles. The van der Waals surface area contributed by atoms with Crippen LogP contribution in [-0.2, 0) is 44.0 Å². The largest absolute Gasteiger partial charge is 0.481 e. The van der Waals surface area contributed by atoms with Crippen molar-refractivity contribution >= 4 is 23.5 Å². The third-order valence-corrected chi connectivity index (χ3v) is 9.34. The fourth-order valence-corrected chi connectivity index (χ4v) is 6.94. The minimum absolute atomic E-state index is 0.0566. The molecule has 0 bridgehead atoms. The molecule has 0 unspecified atom stereocenters. The van der Waals surface area contributed by atoms with Gasteiger partial charge in [0.05, 0.1) is 12.8 Å². The molecule has 0 radical (unpaired) electrons. The number of hydrogen-bond donors (Lipinski definition) is 1. The molecule has 1 aromatic heterocycles. The normalized spacial score (nSPS) is 21.5. The topological polar surface area (TPSA) is 97.8 Å². The molecule has 0 saturated heterocycles. The van der Waals surface area contributed by atoms with E-state index in [1.807, 2.05) is 50.2 Å². The number of ether oxygens (including phenoxy) is 2. The second-order valence-electron chi connectivity index (χ2n) is 12.8. The quantitative estimate of drug-likeness (QED) is 0.335. The third-order valence-electron chi connectivity index (χ3n) is 9.34. The van der Waals surface area contributed by atoms with Crippen molar-refractivity contribution in [2.45, 2.75) is 70.4 Å². The monoisotopic (exact) mass is 599 g/mol. The Morgan fingerprint density at radius 3 is 2.59 bits per heavy atom. The van der Waals surface area contributed by atoms with Crippen LogP contribution in [0.1, 0.15) is 73.5 Å². The number of pyridine rings is 1. The lowest BCUT2D eigenvalue weighted by Gasteiger charge is -2.42. The SMILES string of the molecule is COc1ccc2c(n1)CCN(C(=O)C1CC(CC(=O)OCc3ccccc3)C1)[C@H]2C(=O)Nc1cc(F)c2c(c1)CCC2(C)C. The standard InChI is InChI=1S/C35H38FN3O5/c1-35(2)13-11-23-18-25(19-27(36)31(23)35)37-33(41)32-26-9-10-29(43-3)38-28(26)12-14-39(32)34(42)24-15-22(16-24)17-30(40)44-20-21-7-5-4-6-8-21/h4-10,18-19,22,24,32H,11-17,20H2,1-3H3,(H,37,41)/t22?,24?,32-/m1/s1. The fourth-order valence-electron chi connectivity index (χ4n) is 6.94. The number of nitrogens with zero attached hydrogens (tertiary/aromatic N) is 2. The highest BCUT2D eigenvalue weighted by molar-refractivity contribution is 5.99. The van der Waals surface area contributed by atoms with Crippen LogP contribution in [0, 0.1) is 17.7 Å². The summed E-state index contributed by atoms with van der Waals surface area (Å²) in [5, 5.41) is 2.91. The van der Waals surface area contributed by atoms with Crippen LogP contribution in [0.3, 0.4) is 0 Å². The van der Waals surface area contributed by atoms with E-state index in [4.69, 9.17) is 9.47 Å². The zero-order valence-corrected chi connectivity index (χ0v) is 25.4. The Morgan fingerprint density at radius 2 is 1.84 bits per heavy atom. The van der Waals surface area contributed by atoms with E-state index in [0.29, 0.717) is 54.2 Å². The van der Waals surface area contributed by atoms with Crippen LogP contribution in [0.15, 0.2) is 54.6 Å². The molecule has 0 spiro atoms. The minimum Gasteiger partial charge on any atom is -0.481 e. The molecule has 3 aromatic rings. The Balaban J connectivity index is 1.15. The zero-order valence-electron chi connectivity index (χ0n) is 25.4. The van der Waals surface area contributed by atoms with Gasteiger partial charge in [0.2, 0.25) is 11.8 Å². The molecular weight excluding hydrogens is 561 g/mol. The first kappa shape index (κ1) is 29.8. The van der Waals surface area contributed by atoms with E-state index in [1.54, 1.807) is 17.0 Å². The smallest absolute Gasteiger partial charge is 0.306 e. The average molecular weight is 600 g/mol. The molecule has 2 amide bonds. The van der Waals surface area contributed by atoms with E-state index in [9.17, 15) is 14.4 Å². The van der Waals surface area contributed by atoms with E-state index < -0.39 is 11.9 Å². The van der Waals surface area contributed by atoms with Crippen LogP contribution in [0.2, 0.25) is 0 Å². The number of amides is 2. The molecular formula is C35H38FN3O5. The van der Waals surface area contributed by atoms with Gasteiger partial charge >= 0.3 is 5.97 Å². The first-order valence-corrected chi connectivity index (χ1v) is 15.3. The number of carbonyl (C=O) groups excluding carboxylic acids is 3. The first-order chi connectivity index (χ1) is 21.1. The van der Waals surface area contributed by atoms with Crippen LogP contribution in [0.5, 0.6) is 5.88 Å². The maximum absolute atomic E-state index is 15.2. The van der Waals surface area contributed by atoms with Gasteiger partial charge in [0.15, 0.2) is 0 Å². The number of anilines is 1. The van der Waals surface area contributed by atoms with Crippen molar-refractivity contribution in [3.8, 4) is 5.88 Å². The predicted molar refractivity (Wildman–Crippen MR) is 162 cm³/mol. The lowest BCUT2D eigenvalue weighted by atomic mass is 9.72. The maximum Gasteiger partial charge on any atom is 0.306 e. The highest BCUT2D eigenvalue weighted by Crippen LogP contribution is 2.43. The summed E-state index contributed by atoms with van der Waals surface area (Å²) in [6.45, 7) is 4.60. The van der Waals surface area contributed by atoms with Gasteiger partial charge in [-0.25, -0.2) is 9.37 Å². The lowest BCUT2D eigenvalue weighted by Crippen LogP contribution is -2.50. The van der Waals surface area contributed by atoms with Crippen LogP contribution in [-0.4, -0.2) is 41.3 Å². The summed E-state index contributed by atoms with van der Waals surface area (Å²) in [6, 6.07) is 15.3. The molecule has 2 aliphatic carbocycles. The van der Waals surface area contributed by atoms with Gasteiger partial charge in [-0.1, -0.05) is 44.2 Å². The number of hydrogen-bond acceptors (Lipinski definition) is 6. The van der Waals surface area contributed by atoms with Gasteiger partial charge < -0.3 is 19.7 Å². The van der Waals surface area contributed by atoms with Crippen LogP contribution < -0.4 is 10.1 Å². The van der Waals surface area contributed by atoms with Gasteiger partial charge in [-0.05, 0) is 71.9 Å². The molecule has 1 fully saturated rings. The van der Waals surface area contributed by atoms with Gasteiger partial charge in [0.25, 0.3) is 5.91 Å². The predicted octanol–water partition coefficient (Wildman–Crippen LogP) is 5.68. The van der Waals surface area contributed by atoms with E-state index in [-0.39, 0.29) is 48.0 Å². The molecule has 230 valence electrons. The highest BCUT2D eigenvalue weighted by Gasteiger charge is 2.44. The van der Waals surface area contributed by atoms with Gasteiger partial charge in [-0.3, -0.25) is 14.4 Å². The van der Waals surface area contributed by atoms with Crippen molar-refractivity contribution in [1.29, 1.82) is 0 Å². The van der Waals surface area contributed by atoms with Crippen molar-refractivity contribution in [2.24, 2.45) is 11.8 Å². The first-order valence-electron chi connectivity index (χ1n) is 15.3. The van der Waals surface area contributed by atoms with Gasteiger partial charge in [-0.15, -0.1) is 0 Å². The second-order valence-corrected chi connectivity index (χ2v) is 12.8. The molecule has 44 heavy (non-hydrogen) atoms. The minimum atomic E-state index is -0.924. The molecule has 1 N–H and O–H groups in total. The molecule has 1 aliphatic heterocycles. The third kappa shape index (κ3) is 5.92. The molecule has 3 aliphatic rings. The molecule has 1 atom stereocenters. The number of benzene rings is 2. The summed E-state index contributed by atoms with van der Waals surface area (Å²) in [7, 11) is 1.53. The highest BCUT2D eigenvalue weighted by atomic mass is 19.1. The van der Waals surface area contributed by atoms with E-state index >= 15 is 4.39 Å². The number of halogens is 1. The Kier molecular flexibility index (Phi) is 8.14. The Labute approximate surface area is 257 Å². The Bertz CT molecular complexity index is 1580. The summed E-state index contributed by atoms with van der Waals surface area (Å²) in [6.07, 6.45) is 3.44. The molecule has 2 heterocycles. The van der Waals surface area contributed by atoms with Gasteiger partial charge in [0.1, 0.15) is 18.5 Å². The van der Waals surface area contributed by atoms with E-state index in [2.05, 4.69) is 10.3 Å². The summed E-state index contributed by atoms with van der Waals surface area (Å²) < 4.78 is 25.9. The van der Waals surface area contributed by atoms with Crippen LogP contribution in [0.25, 0.3) is 0 Å². The van der Waals surface area contributed by atoms with Crippen molar-refractivity contribution in [1.82, 2.24) is 9.88 Å². The number of rotatable bonds is 8. The number of esters is 1. The van der Waals surface area contributed by atoms with Crippen molar-refractivity contribution in [3.63, 3.8) is 0 Å². The van der Waals surface area contributed by atoms with Crippen LogP contribution >= 0.6 is 0 Å². The number of carbonyl (C=O) groups is 3. The maximum atomic E-state index is 15.2. The lowest BCUT2D eigenvalue weighted by molar-refractivity contribution is -0.151. The Hall–Kier alpha value is -4.27. The Morgan fingerprint density at radius 1 is 1.07 bits per heavy atom. The summed E-state index contributed by atoms with van der Waals surface area (Å²) in [4.78, 5) is 46.3. The molecule has 9 heteroatoms. The van der Waals surface area contributed by atoms with Crippen LogP contribution in [0.4, 0.5) is 10.1 Å². The second kappa shape index (κ2) is 12.0. The number of nitrogens with one attached hydrogen (secondary N) is 1. The number of aryl methyl sites for hydroxylation is 1. The zero-order chi connectivity index (χ0) is 31.0. The fraction of sp³-hybridized carbons (Fsp3) is 0.429. The summed E-state index contributed by atoms with van der Waals surface area (Å²) in [5.74, 6) is -0.936. The number of methoxy groups -OCH3 is 1. The molecule has 1 saturated carbocycles. The average Bonchev–Trinajstić information content (AvgIpc) is 3.31. The van der Waals surface area contributed by atoms with Crippen molar-refractivity contribution in [3.05, 3.63) is 88.4 Å². The van der Waals surface area contributed by atoms with Gasteiger partial charge in [0, 0.05) is 42.6 Å². The summed E-state index contributed by atoms with van der Waals surface area (Å²) >= 11 is 0. The molecule has 6 rings (SSSR count). The van der Waals surface area contributed by atoms with Crippen molar-refractivity contribution in [2.75, 3.05) is 19.0 Å². The summed E-state index contributed by atoms with van der Waals surface area (Å²) in [5.41, 5.74) is 3.98. The number of fused-ring (bicyclic) bond motifs is 2.